The van der Waals surface area contributed by atoms with Crippen LogP contribution in [-0.2, 0) is 10.9 Å². The van der Waals surface area contributed by atoms with Gasteiger partial charge in [0.2, 0.25) is 0 Å². The molecule has 0 spiro atoms. The Hall–Kier alpha value is -1.14. The van der Waals surface area contributed by atoms with Crippen molar-refractivity contribution in [3.63, 3.8) is 0 Å². The van der Waals surface area contributed by atoms with Crippen LogP contribution >= 0.6 is 0 Å². The number of aliphatic hydroxyl groups is 1. The molecule has 1 rings (SSSR count). The van der Waals surface area contributed by atoms with Gasteiger partial charge in [-0.05, 0) is 31.0 Å². The van der Waals surface area contributed by atoms with Crippen LogP contribution in [0.1, 0.15) is 43.9 Å². The minimum Gasteiger partial charge on any atom is -0.386 e. The Morgan fingerprint density at radius 3 is 2.35 bits per heavy atom. The van der Waals surface area contributed by atoms with Crippen LogP contribution in [0, 0.1) is 5.82 Å². The van der Waals surface area contributed by atoms with E-state index in [-0.39, 0.29) is 5.56 Å². The molecule has 0 saturated heterocycles. The van der Waals surface area contributed by atoms with Gasteiger partial charge in [-0.1, -0.05) is 19.4 Å². The molecular weight excluding hydrogens is 276 g/mol. The maximum Gasteiger partial charge on any atom is 0.419 e. The molecule has 2 nitrogen and oxygen atoms in total. The Bertz CT molecular complexity index is 426. The summed E-state index contributed by atoms with van der Waals surface area (Å²) < 4.78 is 56.2. The van der Waals surface area contributed by atoms with E-state index in [4.69, 9.17) is 4.74 Å². The second-order valence-electron chi connectivity index (χ2n) is 4.46. The van der Waals surface area contributed by atoms with Crippen molar-refractivity contribution >= 4 is 0 Å². The molecule has 2 unspecified atom stereocenters. The third-order valence-corrected chi connectivity index (χ3v) is 2.95. The molecule has 20 heavy (non-hydrogen) atoms. The van der Waals surface area contributed by atoms with Gasteiger partial charge in [0.15, 0.2) is 0 Å². The van der Waals surface area contributed by atoms with Crippen molar-refractivity contribution < 1.29 is 27.4 Å². The van der Waals surface area contributed by atoms with E-state index in [0.29, 0.717) is 19.1 Å². The second kappa shape index (κ2) is 7.04. The summed E-state index contributed by atoms with van der Waals surface area (Å²) in [6, 6.07) is 2.44. The standard InChI is InChI=1S/C14H18F4O2/c1-3-5-12(20-4-2)13(19)9-6-7-10(11(15)8-9)14(16,17)18/h6-8,12-13,19H,3-5H2,1-2H3. The van der Waals surface area contributed by atoms with Gasteiger partial charge in [-0.15, -0.1) is 0 Å². The zero-order valence-electron chi connectivity index (χ0n) is 11.4. The maximum atomic E-state index is 13.5. The molecule has 0 aliphatic heterocycles. The van der Waals surface area contributed by atoms with E-state index in [2.05, 4.69) is 0 Å². The fourth-order valence-electron chi connectivity index (χ4n) is 1.99. The molecule has 6 heteroatoms. The summed E-state index contributed by atoms with van der Waals surface area (Å²) in [6.45, 7) is 4.01. The van der Waals surface area contributed by atoms with E-state index in [0.717, 1.165) is 18.6 Å². The minimum absolute atomic E-state index is 0.0856. The zero-order chi connectivity index (χ0) is 15.3. The molecule has 0 radical (unpaired) electrons. The zero-order valence-corrected chi connectivity index (χ0v) is 11.4. The molecule has 1 N–H and O–H groups in total. The molecule has 0 aromatic heterocycles. The number of alkyl halides is 3. The van der Waals surface area contributed by atoms with Gasteiger partial charge in [-0.3, -0.25) is 0 Å². The molecule has 0 aliphatic carbocycles. The number of hydrogen-bond donors (Lipinski definition) is 1. The first-order valence-electron chi connectivity index (χ1n) is 6.47. The Balaban J connectivity index is 2.99. The molecular formula is C14H18F4O2. The molecule has 114 valence electrons. The van der Waals surface area contributed by atoms with Crippen LogP contribution in [0.15, 0.2) is 18.2 Å². The van der Waals surface area contributed by atoms with Crippen LogP contribution in [0.5, 0.6) is 0 Å². The highest BCUT2D eigenvalue weighted by atomic mass is 19.4. The molecule has 0 amide bonds. The van der Waals surface area contributed by atoms with Gasteiger partial charge in [-0.25, -0.2) is 4.39 Å². The normalized spacial score (nSPS) is 15.2. The number of rotatable bonds is 6. The lowest BCUT2D eigenvalue weighted by molar-refractivity contribution is -0.140. The van der Waals surface area contributed by atoms with E-state index < -0.39 is 29.8 Å². The number of benzene rings is 1. The quantitative estimate of drug-likeness (QED) is 0.801. The predicted molar refractivity (Wildman–Crippen MR) is 66.7 cm³/mol. The highest BCUT2D eigenvalue weighted by Gasteiger charge is 2.34. The van der Waals surface area contributed by atoms with E-state index in [1.54, 1.807) is 6.92 Å². The highest BCUT2D eigenvalue weighted by Crippen LogP contribution is 2.33. The molecule has 0 heterocycles. The lowest BCUT2D eigenvalue weighted by Crippen LogP contribution is -2.22. The van der Waals surface area contributed by atoms with Crippen molar-refractivity contribution in [1.29, 1.82) is 0 Å². The lowest BCUT2D eigenvalue weighted by atomic mass is 9.99. The molecule has 0 aliphatic rings. The fourth-order valence-corrected chi connectivity index (χ4v) is 1.99. The minimum atomic E-state index is -4.74. The van der Waals surface area contributed by atoms with E-state index in [1.165, 1.54) is 0 Å². The van der Waals surface area contributed by atoms with Gasteiger partial charge in [-0.2, -0.15) is 13.2 Å². The van der Waals surface area contributed by atoms with Crippen LogP contribution in [0.4, 0.5) is 17.6 Å². The Labute approximate surface area is 115 Å². The van der Waals surface area contributed by atoms with Gasteiger partial charge in [0.05, 0.1) is 11.7 Å². The van der Waals surface area contributed by atoms with Gasteiger partial charge in [0.1, 0.15) is 11.9 Å². The van der Waals surface area contributed by atoms with E-state index in [1.807, 2.05) is 6.92 Å². The van der Waals surface area contributed by atoms with Gasteiger partial charge in [0.25, 0.3) is 0 Å². The molecule has 0 bridgehead atoms. The van der Waals surface area contributed by atoms with Crippen molar-refractivity contribution in [1.82, 2.24) is 0 Å². The molecule has 0 saturated carbocycles. The van der Waals surface area contributed by atoms with Crippen LogP contribution in [-0.4, -0.2) is 17.8 Å². The van der Waals surface area contributed by atoms with Gasteiger partial charge < -0.3 is 9.84 Å². The first kappa shape index (κ1) is 16.9. The largest absolute Gasteiger partial charge is 0.419 e. The monoisotopic (exact) mass is 294 g/mol. The lowest BCUT2D eigenvalue weighted by Gasteiger charge is -2.23. The molecule has 1 aromatic rings. The molecule has 1 aromatic carbocycles. The SMILES string of the molecule is CCCC(OCC)C(O)c1ccc(C(F)(F)F)c(F)c1. The average Bonchev–Trinajstić information content (AvgIpc) is 2.36. The molecule has 0 fully saturated rings. The van der Waals surface area contributed by atoms with E-state index >= 15 is 0 Å². The third kappa shape index (κ3) is 4.18. The Kier molecular flexibility index (Phi) is 5.95. The Morgan fingerprint density at radius 2 is 1.90 bits per heavy atom. The second-order valence-corrected chi connectivity index (χ2v) is 4.46. The number of ether oxygens (including phenoxy) is 1. The predicted octanol–water partition coefficient (Wildman–Crippen LogP) is 4.08. The topological polar surface area (TPSA) is 29.5 Å². The summed E-state index contributed by atoms with van der Waals surface area (Å²) in [7, 11) is 0. The van der Waals surface area contributed by atoms with Gasteiger partial charge >= 0.3 is 6.18 Å². The van der Waals surface area contributed by atoms with E-state index in [9.17, 15) is 22.7 Å². The third-order valence-electron chi connectivity index (χ3n) is 2.95. The highest BCUT2D eigenvalue weighted by molar-refractivity contribution is 5.28. The first-order valence-corrected chi connectivity index (χ1v) is 6.47. The summed E-state index contributed by atoms with van der Waals surface area (Å²) >= 11 is 0. The van der Waals surface area contributed by atoms with Crippen molar-refractivity contribution in [2.24, 2.45) is 0 Å². The van der Waals surface area contributed by atoms with Crippen molar-refractivity contribution in [3.8, 4) is 0 Å². The van der Waals surface area contributed by atoms with Crippen LogP contribution in [0.2, 0.25) is 0 Å². The van der Waals surface area contributed by atoms with Gasteiger partial charge in [0, 0.05) is 6.61 Å². The summed E-state index contributed by atoms with van der Waals surface area (Å²) in [6.07, 6.45) is -5.16. The Morgan fingerprint density at radius 1 is 1.25 bits per heavy atom. The van der Waals surface area contributed by atoms with Crippen molar-refractivity contribution in [3.05, 3.63) is 35.1 Å². The first-order chi connectivity index (χ1) is 9.31. The number of halogens is 4. The fraction of sp³-hybridized carbons (Fsp3) is 0.571. The summed E-state index contributed by atoms with van der Waals surface area (Å²) in [5.41, 5.74) is -1.25. The summed E-state index contributed by atoms with van der Waals surface area (Å²) in [5, 5.41) is 10.1. The molecule has 2 atom stereocenters. The summed E-state index contributed by atoms with van der Waals surface area (Å²) in [4.78, 5) is 0. The smallest absolute Gasteiger partial charge is 0.386 e. The van der Waals surface area contributed by atoms with Crippen LogP contribution in [0.25, 0.3) is 0 Å². The van der Waals surface area contributed by atoms with Crippen LogP contribution < -0.4 is 0 Å². The number of aliphatic hydroxyl groups excluding tert-OH is 1. The summed E-state index contributed by atoms with van der Waals surface area (Å²) in [5.74, 6) is -1.39. The van der Waals surface area contributed by atoms with Crippen molar-refractivity contribution in [2.45, 2.75) is 45.1 Å². The number of hydrogen-bond acceptors (Lipinski definition) is 2. The maximum absolute atomic E-state index is 13.5. The van der Waals surface area contributed by atoms with Crippen molar-refractivity contribution in [2.75, 3.05) is 6.61 Å². The van der Waals surface area contributed by atoms with Crippen LogP contribution in [0.3, 0.4) is 0 Å². The average molecular weight is 294 g/mol.